The molecular formula is C11H9NOS. The topological polar surface area (TPSA) is 21.3 Å². The van der Waals surface area contributed by atoms with Crippen LogP contribution < -0.4 is 4.72 Å². The first-order valence-electron chi connectivity index (χ1n) is 4.49. The maximum atomic E-state index is 5.58. The minimum atomic E-state index is 0.0532. The molecule has 3 rings (SSSR count). The number of ether oxygens (including phenoxy) is 1. The zero-order chi connectivity index (χ0) is 9.38. The summed E-state index contributed by atoms with van der Waals surface area (Å²) < 4.78 is 8.86. The van der Waals surface area contributed by atoms with Crippen molar-refractivity contribution in [3.8, 4) is 0 Å². The normalized spacial score (nSPS) is 22.6. The summed E-state index contributed by atoms with van der Waals surface area (Å²) in [5.41, 5.74) is 2.36. The molecule has 2 heterocycles. The average molecular weight is 203 g/mol. The fourth-order valence-electron chi connectivity index (χ4n) is 1.66. The van der Waals surface area contributed by atoms with Crippen LogP contribution in [0.2, 0.25) is 0 Å². The number of nitrogens with one attached hydrogen (secondary N) is 1. The summed E-state index contributed by atoms with van der Waals surface area (Å²) in [5, 5.41) is 0. The molecule has 1 aromatic rings. The van der Waals surface area contributed by atoms with Crippen LogP contribution in [0.3, 0.4) is 0 Å². The van der Waals surface area contributed by atoms with Gasteiger partial charge in [0, 0.05) is 10.5 Å². The van der Waals surface area contributed by atoms with E-state index >= 15 is 0 Å². The SMILES string of the molecule is C1=COC2C(=C1)NSc1ccccc12. The highest BCUT2D eigenvalue weighted by Crippen LogP contribution is 2.39. The maximum Gasteiger partial charge on any atom is 0.164 e. The van der Waals surface area contributed by atoms with E-state index in [1.807, 2.05) is 18.2 Å². The van der Waals surface area contributed by atoms with E-state index in [0.29, 0.717) is 0 Å². The zero-order valence-corrected chi connectivity index (χ0v) is 8.25. The number of benzene rings is 1. The summed E-state index contributed by atoms with van der Waals surface area (Å²) >= 11 is 1.64. The van der Waals surface area contributed by atoms with Crippen LogP contribution in [0.15, 0.2) is 53.3 Å². The van der Waals surface area contributed by atoms with E-state index in [4.69, 9.17) is 4.74 Å². The number of rotatable bonds is 0. The van der Waals surface area contributed by atoms with Crippen molar-refractivity contribution in [3.63, 3.8) is 0 Å². The molecule has 1 aromatic carbocycles. The lowest BCUT2D eigenvalue weighted by Gasteiger charge is -2.29. The van der Waals surface area contributed by atoms with Crippen LogP contribution in [0.4, 0.5) is 0 Å². The minimum absolute atomic E-state index is 0.0532. The molecule has 0 bridgehead atoms. The predicted molar refractivity (Wildman–Crippen MR) is 56.5 cm³/mol. The highest BCUT2D eigenvalue weighted by atomic mass is 32.2. The maximum absolute atomic E-state index is 5.58. The summed E-state index contributed by atoms with van der Waals surface area (Å²) in [5.74, 6) is 0. The Hall–Kier alpha value is -1.35. The van der Waals surface area contributed by atoms with E-state index in [2.05, 4.69) is 22.9 Å². The van der Waals surface area contributed by atoms with Crippen molar-refractivity contribution in [2.45, 2.75) is 11.0 Å². The van der Waals surface area contributed by atoms with Crippen LogP contribution in [0.5, 0.6) is 0 Å². The van der Waals surface area contributed by atoms with Gasteiger partial charge < -0.3 is 9.46 Å². The molecule has 14 heavy (non-hydrogen) atoms. The molecular weight excluding hydrogens is 194 g/mol. The Labute approximate surface area is 86.8 Å². The fraction of sp³-hybridized carbons (Fsp3) is 0.0909. The Bertz CT molecular complexity index is 425. The summed E-state index contributed by atoms with van der Waals surface area (Å²) in [4.78, 5) is 1.24. The summed E-state index contributed by atoms with van der Waals surface area (Å²) in [6.45, 7) is 0. The predicted octanol–water partition coefficient (Wildman–Crippen LogP) is 2.77. The second kappa shape index (κ2) is 3.10. The first-order chi connectivity index (χ1) is 6.95. The second-order valence-corrected chi connectivity index (χ2v) is 4.06. The van der Waals surface area contributed by atoms with Gasteiger partial charge in [-0.05, 0) is 30.2 Å². The van der Waals surface area contributed by atoms with Crippen molar-refractivity contribution in [3.05, 3.63) is 53.9 Å². The standard InChI is InChI=1S/C11H9NOS/c1-2-6-10-8(4-1)11-9(12-14-10)5-3-7-13-11/h1-7,11-12H. The van der Waals surface area contributed by atoms with Crippen LogP contribution in [-0.4, -0.2) is 0 Å². The molecule has 0 aromatic heterocycles. The van der Waals surface area contributed by atoms with Crippen LogP contribution in [0, 0.1) is 0 Å². The molecule has 1 atom stereocenters. The van der Waals surface area contributed by atoms with Crippen LogP contribution in [0.25, 0.3) is 0 Å². The van der Waals surface area contributed by atoms with E-state index < -0.39 is 0 Å². The fourth-order valence-corrected chi connectivity index (χ4v) is 2.50. The number of hydrogen-bond donors (Lipinski definition) is 1. The molecule has 0 aliphatic carbocycles. The first kappa shape index (κ1) is 8.00. The molecule has 0 amide bonds. The van der Waals surface area contributed by atoms with Gasteiger partial charge in [0.1, 0.15) is 0 Å². The summed E-state index contributed by atoms with van der Waals surface area (Å²) in [6, 6.07) is 8.30. The molecule has 2 aliphatic heterocycles. The van der Waals surface area contributed by atoms with Crippen molar-refractivity contribution in [1.29, 1.82) is 0 Å². The van der Waals surface area contributed by atoms with Gasteiger partial charge in [0.2, 0.25) is 0 Å². The lowest BCUT2D eigenvalue weighted by atomic mass is 10.1. The van der Waals surface area contributed by atoms with E-state index in [9.17, 15) is 0 Å². The monoisotopic (exact) mass is 203 g/mol. The van der Waals surface area contributed by atoms with Gasteiger partial charge in [-0.2, -0.15) is 0 Å². The summed E-state index contributed by atoms with van der Waals surface area (Å²) in [7, 11) is 0. The Kier molecular flexibility index (Phi) is 1.77. The number of hydrogen-bond acceptors (Lipinski definition) is 3. The molecule has 70 valence electrons. The van der Waals surface area contributed by atoms with E-state index in [1.165, 1.54) is 10.5 Å². The molecule has 0 radical (unpaired) electrons. The molecule has 0 spiro atoms. The Balaban J connectivity index is 2.10. The molecule has 0 saturated carbocycles. The molecule has 2 nitrogen and oxygen atoms in total. The molecule has 2 aliphatic rings. The average Bonchev–Trinajstić information content (AvgIpc) is 2.29. The van der Waals surface area contributed by atoms with E-state index in [-0.39, 0.29) is 6.10 Å². The third-order valence-corrected chi connectivity index (χ3v) is 3.26. The number of fused-ring (bicyclic) bond motifs is 3. The molecule has 1 unspecified atom stereocenters. The van der Waals surface area contributed by atoms with Gasteiger partial charge >= 0.3 is 0 Å². The van der Waals surface area contributed by atoms with Crippen molar-refractivity contribution >= 4 is 11.9 Å². The van der Waals surface area contributed by atoms with Crippen molar-refractivity contribution in [2.24, 2.45) is 0 Å². The van der Waals surface area contributed by atoms with Gasteiger partial charge in [0.15, 0.2) is 6.10 Å². The van der Waals surface area contributed by atoms with Gasteiger partial charge in [-0.1, -0.05) is 18.2 Å². The Morgan fingerprint density at radius 2 is 2.21 bits per heavy atom. The van der Waals surface area contributed by atoms with Gasteiger partial charge in [-0.25, -0.2) is 0 Å². The van der Waals surface area contributed by atoms with Gasteiger partial charge in [-0.3, -0.25) is 0 Å². The van der Waals surface area contributed by atoms with Crippen molar-refractivity contribution < 1.29 is 4.74 Å². The molecule has 0 fully saturated rings. The second-order valence-electron chi connectivity index (χ2n) is 3.21. The first-order valence-corrected chi connectivity index (χ1v) is 5.31. The molecule has 3 heteroatoms. The molecule has 0 saturated heterocycles. The van der Waals surface area contributed by atoms with Gasteiger partial charge in [-0.15, -0.1) is 0 Å². The Morgan fingerprint density at radius 3 is 3.21 bits per heavy atom. The largest absolute Gasteiger partial charge is 0.487 e. The van der Waals surface area contributed by atoms with Crippen LogP contribution >= 0.6 is 11.9 Å². The number of allylic oxidation sites excluding steroid dienone is 2. The van der Waals surface area contributed by atoms with Crippen LogP contribution in [-0.2, 0) is 4.74 Å². The van der Waals surface area contributed by atoms with Gasteiger partial charge in [0.05, 0.1) is 12.0 Å². The third-order valence-electron chi connectivity index (χ3n) is 2.33. The van der Waals surface area contributed by atoms with Crippen LogP contribution in [0.1, 0.15) is 11.7 Å². The lowest BCUT2D eigenvalue weighted by Crippen LogP contribution is -2.21. The minimum Gasteiger partial charge on any atom is -0.487 e. The zero-order valence-electron chi connectivity index (χ0n) is 7.44. The molecule has 1 N–H and O–H groups in total. The third kappa shape index (κ3) is 1.13. The highest BCUT2D eigenvalue weighted by molar-refractivity contribution is 7.97. The highest BCUT2D eigenvalue weighted by Gasteiger charge is 2.26. The van der Waals surface area contributed by atoms with Crippen molar-refractivity contribution in [2.75, 3.05) is 0 Å². The van der Waals surface area contributed by atoms with E-state index in [1.54, 1.807) is 18.2 Å². The lowest BCUT2D eigenvalue weighted by molar-refractivity contribution is 0.167. The van der Waals surface area contributed by atoms with Crippen molar-refractivity contribution in [1.82, 2.24) is 4.72 Å². The quantitative estimate of drug-likeness (QED) is 0.655. The smallest absolute Gasteiger partial charge is 0.164 e. The Morgan fingerprint density at radius 1 is 1.29 bits per heavy atom. The van der Waals surface area contributed by atoms with Gasteiger partial charge in [0.25, 0.3) is 0 Å². The van der Waals surface area contributed by atoms with E-state index in [0.717, 1.165) is 5.70 Å². The summed E-state index contributed by atoms with van der Waals surface area (Å²) in [6.07, 6.45) is 5.75.